The quantitative estimate of drug-likeness (QED) is 0.830. The highest BCUT2D eigenvalue weighted by Crippen LogP contribution is 2.25. The molecule has 2 nitrogen and oxygen atoms in total. The van der Waals surface area contributed by atoms with Gasteiger partial charge in [0.25, 0.3) is 0 Å². The van der Waals surface area contributed by atoms with Gasteiger partial charge in [-0.1, -0.05) is 51.5 Å². The molecule has 0 aromatic heterocycles. The zero-order valence-electron chi connectivity index (χ0n) is 13.1. The molecule has 0 aliphatic heterocycles. The second-order valence-electron chi connectivity index (χ2n) is 6.78. The topological polar surface area (TPSA) is 32.3 Å². The van der Waals surface area contributed by atoms with Gasteiger partial charge in [-0.25, -0.2) is 0 Å². The van der Waals surface area contributed by atoms with E-state index in [1.165, 1.54) is 24.8 Å². The summed E-state index contributed by atoms with van der Waals surface area (Å²) in [6.45, 7) is 7.43. The van der Waals surface area contributed by atoms with Crippen molar-refractivity contribution in [1.82, 2.24) is 5.32 Å². The van der Waals surface area contributed by atoms with E-state index in [9.17, 15) is 5.11 Å². The lowest BCUT2D eigenvalue weighted by Gasteiger charge is -2.20. The Hall–Kier alpha value is -0.860. The van der Waals surface area contributed by atoms with Crippen molar-refractivity contribution in [2.45, 2.75) is 58.6 Å². The minimum Gasteiger partial charge on any atom is -0.387 e. The maximum atomic E-state index is 10.3. The van der Waals surface area contributed by atoms with Crippen LogP contribution in [0.25, 0.3) is 0 Å². The number of aliphatic hydroxyl groups excluding tert-OH is 1. The van der Waals surface area contributed by atoms with Crippen LogP contribution in [0.4, 0.5) is 0 Å². The number of rotatable bonds is 6. The van der Waals surface area contributed by atoms with E-state index in [0.717, 1.165) is 17.9 Å². The van der Waals surface area contributed by atoms with Gasteiger partial charge in [-0.3, -0.25) is 0 Å². The Morgan fingerprint density at radius 2 is 1.90 bits per heavy atom. The van der Waals surface area contributed by atoms with Crippen molar-refractivity contribution in [3.05, 3.63) is 35.4 Å². The smallest absolute Gasteiger partial charge is 0.0914 e. The molecule has 1 saturated carbocycles. The van der Waals surface area contributed by atoms with Gasteiger partial charge >= 0.3 is 0 Å². The van der Waals surface area contributed by atoms with Crippen LogP contribution in [0.3, 0.4) is 0 Å². The zero-order chi connectivity index (χ0) is 14.5. The van der Waals surface area contributed by atoms with Crippen LogP contribution in [0.2, 0.25) is 0 Å². The third kappa shape index (κ3) is 4.32. The fourth-order valence-electron chi connectivity index (χ4n) is 3.18. The molecule has 2 rings (SSSR count). The second kappa shape index (κ2) is 7.24. The van der Waals surface area contributed by atoms with E-state index < -0.39 is 6.10 Å². The lowest BCUT2D eigenvalue weighted by Crippen LogP contribution is -2.34. The number of hydrogen-bond donors (Lipinski definition) is 2. The van der Waals surface area contributed by atoms with Gasteiger partial charge in [-0.15, -0.1) is 0 Å². The van der Waals surface area contributed by atoms with Crippen LogP contribution >= 0.6 is 0 Å². The van der Waals surface area contributed by atoms with E-state index >= 15 is 0 Å². The Morgan fingerprint density at radius 1 is 1.20 bits per heavy atom. The highest BCUT2D eigenvalue weighted by Gasteiger charge is 2.23. The monoisotopic (exact) mass is 275 g/mol. The number of benzene rings is 1. The Labute approximate surface area is 123 Å². The summed E-state index contributed by atoms with van der Waals surface area (Å²) in [7, 11) is 0. The molecule has 1 aliphatic carbocycles. The molecule has 2 N–H and O–H groups in total. The molecule has 1 aromatic carbocycles. The molecule has 0 heterocycles. The molecule has 0 saturated heterocycles. The van der Waals surface area contributed by atoms with Crippen LogP contribution in [-0.2, 0) is 6.42 Å². The average Bonchev–Trinajstić information content (AvgIpc) is 2.82. The van der Waals surface area contributed by atoms with Crippen molar-refractivity contribution in [3.63, 3.8) is 0 Å². The molecule has 0 radical (unpaired) electrons. The van der Waals surface area contributed by atoms with Crippen LogP contribution in [-0.4, -0.2) is 17.7 Å². The molecule has 3 unspecified atom stereocenters. The minimum absolute atomic E-state index is 0.393. The van der Waals surface area contributed by atoms with Crippen molar-refractivity contribution in [2.24, 2.45) is 11.8 Å². The van der Waals surface area contributed by atoms with Crippen molar-refractivity contribution < 1.29 is 5.11 Å². The Kier molecular flexibility index (Phi) is 5.62. The standard InChI is InChI=1S/C18H29NO/c1-13(2)11-15-7-9-16(10-8-15)18(20)12-19-17-6-4-5-14(17)3/h7-10,13-14,17-20H,4-6,11-12H2,1-3H3. The van der Waals surface area contributed by atoms with Crippen LogP contribution < -0.4 is 5.32 Å². The third-order valence-corrected chi connectivity index (χ3v) is 4.44. The first kappa shape index (κ1) is 15.5. The van der Waals surface area contributed by atoms with Gasteiger partial charge in [0.05, 0.1) is 6.10 Å². The van der Waals surface area contributed by atoms with Gasteiger partial charge in [-0.2, -0.15) is 0 Å². The molecule has 20 heavy (non-hydrogen) atoms. The summed E-state index contributed by atoms with van der Waals surface area (Å²) >= 11 is 0. The van der Waals surface area contributed by atoms with Gasteiger partial charge < -0.3 is 10.4 Å². The summed E-state index contributed by atoms with van der Waals surface area (Å²) in [5, 5.41) is 13.8. The van der Waals surface area contributed by atoms with E-state index in [4.69, 9.17) is 0 Å². The third-order valence-electron chi connectivity index (χ3n) is 4.44. The maximum absolute atomic E-state index is 10.3. The molecule has 1 aromatic rings. The number of hydrogen-bond acceptors (Lipinski definition) is 2. The number of nitrogens with one attached hydrogen (secondary N) is 1. The molecule has 3 atom stereocenters. The summed E-state index contributed by atoms with van der Waals surface area (Å²) in [4.78, 5) is 0. The van der Waals surface area contributed by atoms with E-state index in [0.29, 0.717) is 18.5 Å². The molecule has 0 amide bonds. The van der Waals surface area contributed by atoms with Gasteiger partial charge in [-0.05, 0) is 42.2 Å². The molecule has 2 heteroatoms. The van der Waals surface area contributed by atoms with Gasteiger partial charge in [0.2, 0.25) is 0 Å². The molecule has 0 spiro atoms. The van der Waals surface area contributed by atoms with Crippen LogP contribution in [0.15, 0.2) is 24.3 Å². The van der Waals surface area contributed by atoms with Gasteiger partial charge in [0.15, 0.2) is 0 Å². The van der Waals surface area contributed by atoms with Gasteiger partial charge in [0, 0.05) is 12.6 Å². The van der Waals surface area contributed by atoms with E-state index in [2.05, 4.69) is 50.4 Å². The fraction of sp³-hybridized carbons (Fsp3) is 0.667. The minimum atomic E-state index is -0.393. The normalized spacial score (nSPS) is 24.2. The predicted molar refractivity (Wildman–Crippen MR) is 84.7 cm³/mol. The Bertz CT molecular complexity index is 398. The summed E-state index contributed by atoms with van der Waals surface area (Å²) in [6.07, 6.45) is 4.60. The summed E-state index contributed by atoms with van der Waals surface area (Å²) in [5.41, 5.74) is 2.38. The average molecular weight is 275 g/mol. The molecular formula is C18H29NO. The molecule has 1 aliphatic rings. The van der Waals surface area contributed by atoms with Crippen molar-refractivity contribution in [2.75, 3.05) is 6.54 Å². The highest BCUT2D eigenvalue weighted by molar-refractivity contribution is 5.24. The second-order valence-corrected chi connectivity index (χ2v) is 6.78. The zero-order valence-corrected chi connectivity index (χ0v) is 13.1. The van der Waals surface area contributed by atoms with E-state index in [1.54, 1.807) is 0 Å². The summed E-state index contributed by atoms with van der Waals surface area (Å²) in [5.74, 6) is 1.42. The first-order chi connectivity index (χ1) is 9.56. The Morgan fingerprint density at radius 3 is 2.45 bits per heavy atom. The van der Waals surface area contributed by atoms with Crippen LogP contribution in [0, 0.1) is 11.8 Å². The highest BCUT2D eigenvalue weighted by atomic mass is 16.3. The maximum Gasteiger partial charge on any atom is 0.0914 e. The Balaban J connectivity index is 1.84. The summed E-state index contributed by atoms with van der Waals surface area (Å²) < 4.78 is 0. The molecule has 112 valence electrons. The van der Waals surface area contributed by atoms with Crippen molar-refractivity contribution in [3.8, 4) is 0 Å². The van der Waals surface area contributed by atoms with E-state index in [-0.39, 0.29) is 0 Å². The van der Waals surface area contributed by atoms with Crippen molar-refractivity contribution >= 4 is 0 Å². The van der Waals surface area contributed by atoms with Crippen molar-refractivity contribution in [1.29, 1.82) is 0 Å². The predicted octanol–water partition coefficient (Wildman–Crippen LogP) is 3.70. The summed E-state index contributed by atoms with van der Waals surface area (Å²) in [6, 6.07) is 9.03. The first-order valence-electron chi connectivity index (χ1n) is 8.06. The fourth-order valence-corrected chi connectivity index (χ4v) is 3.18. The molecular weight excluding hydrogens is 246 g/mol. The van der Waals surface area contributed by atoms with Crippen LogP contribution in [0.1, 0.15) is 57.3 Å². The lowest BCUT2D eigenvalue weighted by atomic mass is 10.00. The molecule has 0 bridgehead atoms. The first-order valence-corrected chi connectivity index (χ1v) is 8.06. The molecule has 1 fully saturated rings. The SMILES string of the molecule is CC(C)Cc1ccc(C(O)CNC2CCCC2C)cc1. The van der Waals surface area contributed by atoms with Gasteiger partial charge in [0.1, 0.15) is 0 Å². The lowest BCUT2D eigenvalue weighted by molar-refractivity contribution is 0.167. The van der Waals surface area contributed by atoms with Crippen LogP contribution in [0.5, 0.6) is 0 Å². The largest absolute Gasteiger partial charge is 0.387 e. The van der Waals surface area contributed by atoms with E-state index in [1.807, 2.05) is 0 Å². The number of aliphatic hydroxyl groups is 1.